The van der Waals surface area contributed by atoms with Crippen molar-refractivity contribution in [2.45, 2.75) is 42.0 Å². The van der Waals surface area contributed by atoms with Crippen molar-refractivity contribution in [2.24, 2.45) is 11.3 Å². The van der Waals surface area contributed by atoms with Crippen molar-refractivity contribution in [3.8, 4) is 5.75 Å². The highest BCUT2D eigenvalue weighted by Crippen LogP contribution is 2.61. The number of hydrogen-bond acceptors (Lipinski definition) is 4. The smallest absolute Gasteiger partial charge is 0.416 e. The second kappa shape index (κ2) is 7.41. The molecule has 0 bridgehead atoms. The second-order valence-corrected chi connectivity index (χ2v) is 10.9. The van der Waals surface area contributed by atoms with E-state index in [0.717, 1.165) is 24.3 Å². The number of alkyl halides is 3. The van der Waals surface area contributed by atoms with Crippen LogP contribution in [0.3, 0.4) is 0 Å². The molecule has 2 aliphatic rings. The van der Waals surface area contributed by atoms with Gasteiger partial charge in [-0.15, -0.1) is 0 Å². The molecule has 10 heteroatoms. The molecular formula is C22H21F5O4S. The lowest BCUT2D eigenvalue weighted by Gasteiger charge is -2.54. The van der Waals surface area contributed by atoms with Gasteiger partial charge in [-0.25, -0.2) is 17.2 Å². The zero-order valence-corrected chi connectivity index (χ0v) is 17.9. The van der Waals surface area contributed by atoms with E-state index in [1.165, 1.54) is 0 Å². The number of rotatable bonds is 3. The third-order valence-electron chi connectivity index (χ3n) is 6.91. The Kier molecular flexibility index (Phi) is 5.32. The van der Waals surface area contributed by atoms with Crippen molar-refractivity contribution in [3.63, 3.8) is 0 Å². The fraction of sp³-hybridized carbons (Fsp3) is 0.455. The van der Waals surface area contributed by atoms with E-state index in [0.29, 0.717) is 18.6 Å². The average Bonchev–Trinajstić information content (AvgIpc) is 2.75. The summed E-state index contributed by atoms with van der Waals surface area (Å²) in [6, 6.07) is 4.61. The van der Waals surface area contributed by atoms with Gasteiger partial charge in [0.05, 0.1) is 22.6 Å². The van der Waals surface area contributed by atoms with E-state index in [2.05, 4.69) is 0 Å². The zero-order chi connectivity index (χ0) is 23.5. The fourth-order valence-corrected chi connectivity index (χ4v) is 7.73. The van der Waals surface area contributed by atoms with Gasteiger partial charge < -0.3 is 9.84 Å². The van der Waals surface area contributed by atoms with Crippen molar-refractivity contribution < 1.29 is 40.2 Å². The van der Waals surface area contributed by atoms with Gasteiger partial charge in [-0.05, 0) is 54.7 Å². The van der Waals surface area contributed by atoms with E-state index in [1.807, 2.05) is 0 Å². The molecule has 0 saturated heterocycles. The first-order valence-electron chi connectivity index (χ1n) is 10.0. The van der Waals surface area contributed by atoms with Gasteiger partial charge in [0.2, 0.25) is 0 Å². The number of halogens is 5. The Balaban J connectivity index is 2.01. The Hall–Kier alpha value is -2.20. The standard InChI is InChI=1S/C22H21F5O4S/c1-20(12-28)9-2-10-21(17(20)11-31-19-16(24)8-7-15(23)18(19)21)32(29,30)14-5-3-13(4-6-14)22(25,26)27/h3-8,17,28H,2,9-12H2,1H3/t17-,20+,21-/m0/s1. The first-order valence-corrected chi connectivity index (χ1v) is 11.5. The van der Waals surface area contributed by atoms with Gasteiger partial charge >= 0.3 is 6.18 Å². The van der Waals surface area contributed by atoms with Crippen LogP contribution in [0, 0.1) is 23.0 Å². The van der Waals surface area contributed by atoms with E-state index >= 15 is 4.39 Å². The van der Waals surface area contributed by atoms with Crippen LogP contribution in [-0.4, -0.2) is 26.7 Å². The van der Waals surface area contributed by atoms with E-state index in [4.69, 9.17) is 4.74 Å². The number of aliphatic hydroxyl groups is 1. The monoisotopic (exact) mass is 476 g/mol. The van der Waals surface area contributed by atoms with Crippen LogP contribution < -0.4 is 4.74 Å². The molecule has 2 aromatic rings. The molecule has 0 amide bonds. The first-order chi connectivity index (χ1) is 14.9. The minimum Gasteiger partial charge on any atom is -0.490 e. The Morgan fingerprint density at radius 2 is 1.69 bits per heavy atom. The number of aliphatic hydroxyl groups excluding tert-OH is 1. The highest BCUT2D eigenvalue weighted by Gasteiger charge is 2.63. The van der Waals surface area contributed by atoms with Crippen molar-refractivity contribution in [1.82, 2.24) is 0 Å². The normalized spacial score (nSPS) is 27.9. The van der Waals surface area contributed by atoms with E-state index in [1.54, 1.807) is 6.92 Å². The van der Waals surface area contributed by atoms with E-state index in [9.17, 15) is 31.1 Å². The lowest BCUT2D eigenvalue weighted by atomic mass is 9.60. The summed E-state index contributed by atoms with van der Waals surface area (Å²) in [6.07, 6.45) is -4.05. The predicted octanol–water partition coefficient (Wildman–Crippen LogP) is 4.84. The number of sulfone groups is 1. The third kappa shape index (κ3) is 3.14. The van der Waals surface area contributed by atoms with E-state index < -0.39 is 72.1 Å². The number of ether oxygens (including phenoxy) is 1. The van der Waals surface area contributed by atoms with Crippen molar-refractivity contribution in [2.75, 3.05) is 13.2 Å². The summed E-state index contributed by atoms with van der Waals surface area (Å²) in [6.45, 7) is 0.946. The van der Waals surface area contributed by atoms with Gasteiger partial charge in [-0.1, -0.05) is 13.3 Å². The van der Waals surface area contributed by atoms with Crippen molar-refractivity contribution in [3.05, 3.63) is 59.2 Å². The Bertz CT molecular complexity index is 1150. The molecule has 4 nitrogen and oxygen atoms in total. The quantitative estimate of drug-likeness (QED) is 0.644. The topological polar surface area (TPSA) is 63.6 Å². The van der Waals surface area contributed by atoms with Crippen LogP contribution in [0.1, 0.15) is 37.3 Å². The summed E-state index contributed by atoms with van der Waals surface area (Å²) >= 11 is 0. The van der Waals surface area contributed by atoms with Crippen molar-refractivity contribution >= 4 is 9.84 Å². The van der Waals surface area contributed by atoms with Gasteiger partial charge in [0, 0.05) is 12.5 Å². The van der Waals surface area contributed by atoms with Crippen LogP contribution in [0.2, 0.25) is 0 Å². The van der Waals surface area contributed by atoms with Gasteiger partial charge in [0.25, 0.3) is 0 Å². The predicted molar refractivity (Wildman–Crippen MR) is 105 cm³/mol. The molecule has 4 rings (SSSR count). The largest absolute Gasteiger partial charge is 0.490 e. The highest BCUT2D eigenvalue weighted by molar-refractivity contribution is 7.92. The molecule has 1 fully saturated rings. The summed E-state index contributed by atoms with van der Waals surface area (Å²) in [5, 5.41) is 10.1. The van der Waals surface area contributed by atoms with Gasteiger partial charge in [0.1, 0.15) is 10.6 Å². The first kappa shape index (κ1) is 23.0. The van der Waals surface area contributed by atoms with E-state index in [-0.39, 0.29) is 19.4 Å². The maximum atomic E-state index is 15.2. The summed E-state index contributed by atoms with van der Waals surface area (Å²) in [4.78, 5) is -0.436. The molecule has 1 aliphatic heterocycles. The third-order valence-corrected chi connectivity index (χ3v) is 9.45. The molecule has 1 saturated carbocycles. The van der Waals surface area contributed by atoms with Crippen LogP contribution in [0.4, 0.5) is 22.0 Å². The Labute approximate surface area is 181 Å². The molecular weight excluding hydrogens is 455 g/mol. The van der Waals surface area contributed by atoms with Gasteiger partial charge in [0.15, 0.2) is 21.4 Å². The number of benzene rings is 2. The molecule has 3 atom stereocenters. The maximum Gasteiger partial charge on any atom is 0.416 e. The molecule has 0 aromatic heterocycles. The van der Waals surface area contributed by atoms with Crippen LogP contribution >= 0.6 is 0 Å². The molecule has 32 heavy (non-hydrogen) atoms. The second-order valence-electron chi connectivity index (χ2n) is 8.68. The van der Waals surface area contributed by atoms with Crippen LogP contribution in [-0.2, 0) is 20.8 Å². The van der Waals surface area contributed by atoms with Crippen LogP contribution in [0.25, 0.3) is 0 Å². The number of fused-ring (bicyclic) bond motifs is 3. The van der Waals surface area contributed by atoms with Crippen molar-refractivity contribution in [1.29, 1.82) is 0 Å². The Morgan fingerprint density at radius 3 is 2.28 bits per heavy atom. The minimum absolute atomic E-state index is 0.0899. The van der Waals surface area contributed by atoms with Crippen LogP contribution in [0.15, 0.2) is 41.3 Å². The maximum absolute atomic E-state index is 15.2. The lowest BCUT2D eigenvalue weighted by Crippen LogP contribution is -2.58. The lowest BCUT2D eigenvalue weighted by molar-refractivity contribution is -0.137. The minimum atomic E-state index is -4.66. The molecule has 0 spiro atoms. The fourth-order valence-electron chi connectivity index (χ4n) is 5.22. The molecule has 1 aliphatic carbocycles. The summed E-state index contributed by atoms with van der Waals surface area (Å²) in [7, 11) is -4.54. The SMILES string of the molecule is C[C@]1(CO)CCC[C@@]2(S(=O)(=O)c3ccc(C(F)(F)F)cc3)c3c(F)ccc(F)c3OC[C@@H]12. The van der Waals surface area contributed by atoms with Gasteiger partial charge in [-0.2, -0.15) is 13.2 Å². The molecule has 2 aromatic carbocycles. The zero-order valence-electron chi connectivity index (χ0n) is 17.0. The summed E-state index contributed by atoms with van der Waals surface area (Å²) in [5.74, 6) is -3.38. The molecule has 0 radical (unpaired) electrons. The molecule has 1 N–H and O–H groups in total. The summed E-state index contributed by atoms with van der Waals surface area (Å²) < 4.78 is 100. The van der Waals surface area contributed by atoms with Crippen LogP contribution in [0.5, 0.6) is 5.75 Å². The molecule has 0 unspecified atom stereocenters. The number of hydrogen-bond donors (Lipinski definition) is 1. The Morgan fingerprint density at radius 1 is 1.06 bits per heavy atom. The summed E-state index contributed by atoms with van der Waals surface area (Å²) in [5.41, 5.74) is -2.49. The molecule has 174 valence electrons. The average molecular weight is 476 g/mol. The van der Waals surface area contributed by atoms with Gasteiger partial charge in [-0.3, -0.25) is 0 Å². The molecule has 1 heterocycles. The highest BCUT2D eigenvalue weighted by atomic mass is 32.2.